The molecular formula is C25H21F3N2O2. The van der Waals surface area contributed by atoms with Gasteiger partial charge in [0.05, 0.1) is 5.56 Å². The van der Waals surface area contributed by atoms with Gasteiger partial charge in [-0.25, -0.2) is 0 Å². The zero-order chi connectivity index (χ0) is 22.7. The average molecular weight is 438 g/mol. The van der Waals surface area contributed by atoms with Crippen molar-refractivity contribution in [1.29, 1.82) is 0 Å². The Morgan fingerprint density at radius 3 is 2.53 bits per heavy atom. The zero-order valence-electron chi connectivity index (χ0n) is 17.1. The van der Waals surface area contributed by atoms with E-state index in [1.54, 1.807) is 24.3 Å². The Bertz CT molecular complexity index is 1260. The third kappa shape index (κ3) is 4.68. The molecule has 0 atom stereocenters. The van der Waals surface area contributed by atoms with Gasteiger partial charge in [0, 0.05) is 30.5 Å². The molecule has 0 aliphatic rings. The van der Waals surface area contributed by atoms with Crippen LogP contribution in [0.5, 0.6) is 0 Å². The molecule has 7 heteroatoms. The fourth-order valence-electron chi connectivity index (χ4n) is 3.63. The quantitative estimate of drug-likeness (QED) is 0.424. The van der Waals surface area contributed by atoms with Crippen LogP contribution >= 0.6 is 0 Å². The number of benzene rings is 3. The van der Waals surface area contributed by atoms with Crippen LogP contribution in [-0.4, -0.2) is 19.0 Å². The van der Waals surface area contributed by atoms with Crippen LogP contribution in [0.2, 0.25) is 0 Å². The highest BCUT2D eigenvalue weighted by atomic mass is 19.4. The first-order chi connectivity index (χ1) is 15.3. The lowest BCUT2D eigenvalue weighted by Gasteiger charge is -2.07. The fourth-order valence-corrected chi connectivity index (χ4v) is 3.63. The molecule has 164 valence electrons. The molecule has 0 spiro atoms. The summed E-state index contributed by atoms with van der Waals surface area (Å²) in [6.45, 7) is 0.744. The number of alkyl halides is 3. The van der Waals surface area contributed by atoms with Gasteiger partial charge in [0.2, 0.25) is 0 Å². The minimum Gasteiger partial charge on any atom is -0.461 e. The van der Waals surface area contributed by atoms with Gasteiger partial charge in [-0.05, 0) is 47.0 Å². The van der Waals surface area contributed by atoms with E-state index in [0.29, 0.717) is 35.6 Å². The second kappa shape index (κ2) is 8.88. The van der Waals surface area contributed by atoms with Crippen molar-refractivity contribution in [3.05, 3.63) is 95.2 Å². The van der Waals surface area contributed by atoms with Crippen molar-refractivity contribution < 1.29 is 22.4 Å². The molecule has 0 saturated heterocycles. The molecule has 0 unspecified atom stereocenters. The SMILES string of the molecule is NCCNC(=O)c1cccc(-c2cccc3oc(Cc4cccc(C(F)(F)F)c4)cc23)c1. The molecule has 1 aromatic heterocycles. The number of halogens is 3. The summed E-state index contributed by atoms with van der Waals surface area (Å²) in [5.74, 6) is 0.352. The Morgan fingerprint density at radius 1 is 0.969 bits per heavy atom. The maximum absolute atomic E-state index is 13.0. The average Bonchev–Trinajstić information content (AvgIpc) is 3.19. The molecule has 4 aromatic rings. The summed E-state index contributed by atoms with van der Waals surface area (Å²) in [4.78, 5) is 12.3. The molecule has 0 radical (unpaired) electrons. The monoisotopic (exact) mass is 438 g/mol. The predicted octanol–water partition coefficient (Wildman–Crippen LogP) is 5.40. The fraction of sp³-hybridized carbons (Fsp3) is 0.160. The maximum atomic E-state index is 13.0. The van der Waals surface area contributed by atoms with Crippen LogP contribution in [0.4, 0.5) is 13.2 Å². The summed E-state index contributed by atoms with van der Waals surface area (Å²) < 4.78 is 45.0. The van der Waals surface area contributed by atoms with E-state index >= 15 is 0 Å². The highest BCUT2D eigenvalue weighted by molar-refractivity contribution is 5.98. The van der Waals surface area contributed by atoms with Crippen LogP contribution in [0.15, 0.2) is 77.2 Å². The minimum atomic E-state index is -4.39. The topological polar surface area (TPSA) is 68.3 Å². The minimum absolute atomic E-state index is 0.207. The largest absolute Gasteiger partial charge is 0.461 e. The maximum Gasteiger partial charge on any atom is 0.416 e. The van der Waals surface area contributed by atoms with Crippen LogP contribution in [0.25, 0.3) is 22.1 Å². The normalized spacial score (nSPS) is 11.6. The summed E-state index contributed by atoms with van der Waals surface area (Å²) in [6, 6.07) is 19.9. The lowest BCUT2D eigenvalue weighted by atomic mass is 9.99. The first-order valence-electron chi connectivity index (χ1n) is 10.1. The van der Waals surface area contributed by atoms with Crippen molar-refractivity contribution in [3.63, 3.8) is 0 Å². The smallest absolute Gasteiger partial charge is 0.416 e. The lowest BCUT2D eigenvalue weighted by Crippen LogP contribution is -2.28. The molecule has 4 nitrogen and oxygen atoms in total. The second-order valence-corrected chi connectivity index (χ2v) is 7.43. The van der Waals surface area contributed by atoms with Crippen molar-refractivity contribution in [2.45, 2.75) is 12.6 Å². The highest BCUT2D eigenvalue weighted by Gasteiger charge is 2.30. The number of hydrogen-bond donors (Lipinski definition) is 2. The number of carbonyl (C=O) groups is 1. The van der Waals surface area contributed by atoms with E-state index in [0.717, 1.165) is 28.6 Å². The van der Waals surface area contributed by atoms with E-state index in [9.17, 15) is 18.0 Å². The molecule has 0 aliphatic carbocycles. The number of carbonyl (C=O) groups excluding carboxylic acids is 1. The molecule has 1 amide bonds. The van der Waals surface area contributed by atoms with Crippen LogP contribution < -0.4 is 11.1 Å². The summed E-state index contributed by atoms with van der Waals surface area (Å²) in [6.07, 6.45) is -4.15. The molecule has 32 heavy (non-hydrogen) atoms. The number of furan rings is 1. The number of hydrogen-bond acceptors (Lipinski definition) is 3. The van der Waals surface area contributed by atoms with E-state index in [-0.39, 0.29) is 12.3 Å². The van der Waals surface area contributed by atoms with Crippen molar-refractivity contribution in [2.75, 3.05) is 13.1 Å². The van der Waals surface area contributed by atoms with E-state index in [1.807, 2.05) is 30.3 Å². The van der Waals surface area contributed by atoms with Gasteiger partial charge in [0.15, 0.2) is 0 Å². The zero-order valence-corrected chi connectivity index (χ0v) is 17.1. The van der Waals surface area contributed by atoms with Gasteiger partial charge < -0.3 is 15.5 Å². The van der Waals surface area contributed by atoms with Gasteiger partial charge in [-0.3, -0.25) is 4.79 Å². The van der Waals surface area contributed by atoms with Crippen molar-refractivity contribution in [1.82, 2.24) is 5.32 Å². The molecule has 0 bridgehead atoms. The van der Waals surface area contributed by atoms with E-state index in [1.165, 1.54) is 6.07 Å². The lowest BCUT2D eigenvalue weighted by molar-refractivity contribution is -0.137. The van der Waals surface area contributed by atoms with Crippen LogP contribution in [0, 0.1) is 0 Å². The molecule has 1 heterocycles. The predicted molar refractivity (Wildman–Crippen MR) is 117 cm³/mol. The van der Waals surface area contributed by atoms with Crippen LogP contribution in [0.1, 0.15) is 27.2 Å². The van der Waals surface area contributed by atoms with Crippen LogP contribution in [-0.2, 0) is 12.6 Å². The first kappa shape index (κ1) is 21.6. The molecular weight excluding hydrogens is 417 g/mol. The van der Waals surface area contributed by atoms with Crippen LogP contribution in [0.3, 0.4) is 0 Å². The number of nitrogens with two attached hydrogens (primary N) is 1. The van der Waals surface area contributed by atoms with Crippen molar-refractivity contribution in [3.8, 4) is 11.1 Å². The van der Waals surface area contributed by atoms with Crippen molar-refractivity contribution >= 4 is 16.9 Å². The Balaban J connectivity index is 1.66. The van der Waals surface area contributed by atoms with Gasteiger partial charge in [-0.15, -0.1) is 0 Å². The van der Waals surface area contributed by atoms with Gasteiger partial charge in [0.1, 0.15) is 11.3 Å². The Labute approximate surface area is 182 Å². The highest BCUT2D eigenvalue weighted by Crippen LogP contribution is 2.33. The van der Waals surface area contributed by atoms with Gasteiger partial charge >= 0.3 is 6.18 Å². The molecule has 3 N–H and O–H groups in total. The summed E-state index contributed by atoms with van der Waals surface area (Å²) >= 11 is 0. The van der Waals surface area contributed by atoms with Gasteiger partial charge in [0.25, 0.3) is 5.91 Å². The number of amides is 1. The Kier molecular flexibility index (Phi) is 6.01. The number of fused-ring (bicyclic) bond motifs is 1. The second-order valence-electron chi connectivity index (χ2n) is 7.43. The first-order valence-corrected chi connectivity index (χ1v) is 10.1. The molecule has 4 rings (SSSR count). The molecule has 0 saturated carbocycles. The summed E-state index contributed by atoms with van der Waals surface area (Å²) in [7, 11) is 0. The summed E-state index contributed by atoms with van der Waals surface area (Å²) in [5.41, 5.74) is 8.12. The third-order valence-corrected chi connectivity index (χ3v) is 5.11. The standard InChI is InChI=1S/C25H21F3N2O2/c26-25(27,28)19-7-1-4-16(12-19)13-20-15-22-21(8-3-9-23(22)32-20)17-5-2-6-18(14-17)24(31)30-11-10-29/h1-9,12,14-15H,10-11,13,29H2,(H,30,31). The van der Waals surface area contributed by atoms with Crippen molar-refractivity contribution in [2.24, 2.45) is 5.73 Å². The number of rotatable bonds is 6. The molecule has 0 aliphatic heterocycles. The Hall–Kier alpha value is -3.58. The van der Waals surface area contributed by atoms with Gasteiger partial charge in [-0.1, -0.05) is 42.5 Å². The third-order valence-electron chi connectivity index (χ3n) is 5.11. The molecule has 3 aromatic carbocycles. The van der Waals surface area contributed by atoms with E-state index < -0.39 is 11.7 Å². The number of nitrogens with one attached hydrogen (secondary N) is 1. The Morgan fingerprint density at radius 2 is 1.75 bits per heavy atom. The van der Waals surface area contributed by atoms with E-state index in [4.69, 9.17) is 10.2 Å². The van der Waals surface area contributed by atoms with E-state index in [2.05, 4.69) is 5.32 Å². The summed E-state index contributed by atoms with van der Waals surface area (Å²) in [5, 5.41) is 3.58. The van der Waals surface area contributed by atoms with Gasteiger partial charge in [-0.2, -0.15) is 13.2 Å². The molecule has 0 fully saturated rings.